The van der Waals surface area contributed by atoms with Gasteiger partial charge in [0.05, 0.1) is 6.54 Å². The van der Waals surface area contributed by atoms with E-state index in [1.807, 2.05) is 42.5 Å². The Morgan fingerprint density at radius 1 is 1.10 bits per heavy atom. The fourth-order valence-electron chi connectivity index (χ4n) is 3.51. The number of hydrogen-bond acceptors (Lipinski definition) is 5. The number of carbonyl (C=O) groups is 1. The number of rotatable bonds is 6. The third-order valence-electron chi connectivity index (χ3n) is 5.20. The highest BCUT2D eigenvalue weighted by atomic mass is 35.5. The van der Waals surface area contributed by atoms with E-state index in [4.69, 9.17) is 16.1 Å². The molecule has 0 bridgehead atoms. The number of likely N-dealkylation sites (tertiary alicyclic amines) is 1. The van der Waals surface area contributed by atoms with Gasteiger partial charge in [0.2, 0.25) is 17.6 Å². The molecule has 0 unspecified atom stereocenters. The highest BCUT2D eigenvalue weighted by Crippen LogP contribution is 2.21. The number of hydrogen-bond donors (Lipinski definition) is 1. The molecule has 0 aliphatic carbocycles. The maximum atomic E-state index is 12.4. The Balaban J connectivity index is 1.25. The molecule has 1 aliphatic rings. The molecule has 1 amide bonds. The summed E-state index contributed by atoms with van der Waals surface area (Å²) in [6.45, 7) is 2.85. The van der Waals surface area contributed by atoms with Crippen LogP contribution < -0.4 is 5.32 Å². The molecule has 0 atom stereocenters. The van der Waals surface area contributed by atoms with Gasteiger partial charge in [-0.2, -0.15) is 4.98 Å². The summed E-state index contributed by atoms with van der Waals surface area (Å²) in [6, 6.07) is 17.3. The summed E-state index contributed by atoms with van der Waals surface area (Å²) in [7, 11) is 0. The van der Waals surface area contributed by atoms with Crippen LogP contribution in [0.5, 0.6) is 0 Å². The smallest absolute Gasteiger partial charge is 0.241 e. The molecule has 1 fully saturated rings. The molecule has 2 heterocycles. The first-order chi connectivity index (χ1) is 14.2. The number of amides is 1. The van der Waals surface area contributed by atoms with Gasteiger partial charge in [-0.25, -0.2) is 0 Å². The van der Waals surface area contributed by atoms with Gasteiger partial charge in [-0.15, -0.1) is 0 Å². The van der Waals surface area contributed by atoms with Crippen molar-refractivity contribution in [2.24, 2.45) is 5.92 Å². The van der Waals surface area contributed by atoms with Crippen LogP contribution in [0, 0.1) is 5.92 Å². The molecule has 7 heteroatoms. The van der Waals surface area contributed by atoms with E-state index in [1.165, 1.54) is 0 Å². The Kier molecular flexibility index (Phi) is 6.22. The maximum absolute atomic E-state index is 12.4. The van der Waals surface area contributed by atoms with Gasteiger partial charge in [-0.3, -0.25) is 9.69 Å². The third kappa shape index (κ3) is 5.22. The fourth-order valence-corrected chi connectivity index (χ4v) is 3.64. The van der Waals surface area contributed by atoms with Crippen LogP contribution in [0.25, 0.3) is 11.4 Å². The van der Waals surface area contributed by atoms with Crippen molar-refractivity contribution in [2.75, 3.05) is 13.1 Å². The van der Waals surface area contributed by atoms with E-state index in [-0.39, 0.29) is 11.8 Å². The minimum absolute atomic E-state index is 0.0577. The second-order valence-electron chi connectivity index (χ2n) is 7.27. The van der Waals surface area contributed by atoms with Crippen molar-refractivity contribution < 1.29 is 9.32 Å². The Hall–Kier alpha value is -2.70. The summed E-state index contributed by atoms with van der Waals surface area (Å²) in [4.78, 5) is 19.2. The molecule has 29 heavy (non-hydrogen) atoms. The van der Waals surface area contributed by atoms with Crippen LogP contribution in [0.4, 0.5) is 0 Å². The van der Waals surface area contributed by atoms with E-state index in [0.717, 1.165) is 37.1 Å². The van der Waals surface area contributed by atoms with Crippen LogP contribution in [0.15, 0.2) is 59.1 Å². The van der Waals surface area contributed by atoms with Crippen LogP contribution in [0.2, 0.25) is 5.02 Å². The van der Waals surface area contributed by atoms with Gasteiger partial charge in [0.15, 0.2) is 0 Å². The number of halogens is 1. The molecule has 1 saturated heterocycles. The quantitative estimate of drug-likeness (QED) is 0.666. The highest BCUT2D eigenvalue weighted by Gasteiger charge is 2.25. The van der Waals surface area contributed by atoms with Gasteiger partial charge in [0, 0.05) is 23.0 Å². The molecule has 0 spiro atoms. The van der Waals surface area contributed by atoms with Gasteiger partial charge in [-0.1, -0.05) is 47.1 Å². The molecule has 3 aromatic rings. The van der Waals surface area contributed by atoms with Gasteiger partial charge in [-0.05, 0) is 55.8 Å². The predicted octanol–water partition coefficient (Wildman–Crippen LogP) is 3.92. The van der Waals surface area contributed by atoms with E-state index in [9.17, 15) is 4.79 Å². The zero-order valence-electron chi connectivity index (χ0n) is 16.1. The number of carbonyl (C=O) groups excluding carboxylic acids is 1. The molecule has 0 saturated carbocycles. The van der Waals surface area contributed by atoms with Crippen LogP contribution in [-0.4, -0.2) is 34.0 Å². The van der Waals surface area contributed by atoms with Crippen molar-refractivity contribution in [1.82, 2.24) is 20.4 Å². The first kappa shape index (κ1) is 19.6. The molecular formula is C22H23ClN4O2. The topological polar surface area (TPSA) is 71.3 Å². The first-order valence-corrected chi connectivity index (χ1v) is 10.2. The number of nitrogens with one attached hydrogen (secondary N) is 1. The average Bonchev–Trinajstić information content (AvgIpc) is 3.22. The van der Waals surface area contributed by atoms with E-state index in [1.54, 1.807) is 12.1 Å². The zero-order valence-corrected chi connectivity index (χ0v) is 16.8. The summed E-state index contributed by atoms with van der Waals surface area (Å²) < 4.78 is 5.40. The number of piperidine rings is 1. The average molecular weight is 411 g/mol. The van der Waals surface area contributed by atoms with Crippen molar-refractivity contribution >= 4 is 17.5 Å². The van der Waals surface area contributed by atoms with E-state index >= 15 is 0 Å². The molecule has 1 aliphatic heterocycles. The molecule has 1 N–H and O–H groups in total. The SMILES string of the molecule is O=C(NCc1ccccc1)C1CCN(Cc2nc(-c3ccc(Cl)cc3)no2)CC1. The molecule has 1 aromatic heterocycles. The van der Waals surface area contributed by atoms with Gasteiger partial charge >= 0.3 is 0 Å². The monoisotopic (exact) mass is 410 g/mol. The summed E-state index contributed by atoms with van der Waals surface area (Å²) >= 11 is 5.92. The Morgan fingerprint density at radius 3 is 2.55 bits per heavy atom. The van der Waals surface area contributed by atoms with Gasteiger partial charge in [0.25, 0.3) is 0 Å². The Morgan fingerprint density at radius 2 is 1.83 bits per heavy atom. The van der Waals surface area contributed by atoms with Gasteiger partial charge < -0.3 is 9.84 Å². The molecule has 150 valence electrons. The molecule has 2 aromatic carbocycles. The van der Waals surface area contributed by atoms with Crippen molar-refractivity contribution in [3.8, 4) is 11.4 Å². The lowest BCUT2D eigenvalue weighted by molar-refractivity contribution is -0.126. The molecule has 6 nitrogen and oxygen atoms in total. The Bertz CT molecular complexity index is 935. The maximum Gasteiger partial charge on any atom is 0.241 e. The van der Waals surface area contributed by atoms with Crippen LogP contribution >= 0.6 is 11.6 Å². The highest BCUT2D eigenvalue weighted by molar-refractivity contribution is 6.30. The van der Waals surface area contributed by atoms with E-state index in [2.05, 4.69) is 20.4 Å². The minimum Gasteiger partial charge on any atom is -0.352 e. The summed E-state index contributed by atoms with van der Waals surface area (Å²) in [6.07, 6.45) is 1.66. The lowest BCUT2D eigenvalue weighted by Gasteiger charge is -2.30. The summed E-state index contributed by atoms with van der Waals surface area (Å²) in [5.74, 6) is 1.34. The lowest BCUT2D eigenvalue weighted by atomic mass is 9.96. The second-order valence-corrected chi connectivity index (χ2v) is 7.71. The first-order valence-electron chi connectivity index (χ1n) is 9.80. The fraction of sp³-hybridized carbons (Fsp3) is 0.318. The summed E-state index contributed by atoms with van der Waals surface area (Å²) in [5.41, 5.74) is 1.99. The van der Waals surface area contributed by atoms with E-state index < -0.39 is 0 Å². The zero-order chi connectivity index (χ0) is 20.1. The normalized spacial score (nSPS) is 15.3. The minimum atomic E-state index is 0.0577. The largest absolute Gasteiger partial charge is 0.352 e. The summed E-state index contributed by atoms with van der Waals surface area (Å²) in [5, 5.41) is 7.78. The second kappa shape index (κ2) is 9.20. The number of benzene rings is 2. The molecular weight excluding hydrogens is 388 g/mol. The van der Waals surface area contributed by atoms with Crippen molar-refractivity contribution in [3.63, 3.8) is 0 Å². The third-order valence-corrected chi connectivity index (χ3v) is 5.45. The number of aromatic nitrogens is 2. The lowest BCUT2D eigenvalue weighted by Crippen LogP contribution is -2.40. The standard InChI is InChI=1S/C22H23ClN4O2/c23-19-8-6-17(7-9-19)21-25-20(29-26-21)15-27-12-10-18(11-13-27)22(28)24-14-16-4-2-1-3-5-16/h1-9,18H,10-15H2,(H,24,28). The van der Waals surface area contributed by atoms with Crippen LogP contribution in [0.1, 0.15) is 24.3 Å². The van der Waals surface area contributed by atoms with Crippen LogP contribution in [0.3, 0.4) is 0 Å². The van der Waals surface area contributed by atoms with E-state index in [0.29, 0.717) is 29.8 Å². The van der Waals surface area contributed by atoms with Crippen molar-refractivity contribution in [2.45, 2.75) is 25.9 Å². The van der Waals surface area contributed by atoms with Crippen LogP contribution in [-0.2, 0) is 17.9 Å². The van der Waals surface area contributed by atoms with Crippen molar-refractivity contribution in [3.05, 3.63) is 71.1 Å². The predicted molar refractivity (Wildman–Crippen MR) is 111 cm³/mol. The molecule has 4 rings (SSSR count). The Labute approximate surface area is 174 Å². The number of nitrogens with zero attached hydrogens (tertiary/aromatic N) is 3. The van der Waals surface area contributed by atoms with Gasteiger partial charge in [0.1, 0.15) is 0 Å². The molecule has 0 radical (unpaired) electrons. The van der Waals surface area contributed by atoms with Crippen molar-refractivity contribution in [1.29, 1.82) is 0 Å².